The van der Waals surface area contributed by atoms with Crippen molar-refractivity contribution in [2.45, 2.75) is 105 Å². The first-order chi connectivity index (χ1) is 28.7. The minimum atomic E-state index is -0.0700. The Morgan fingerprint density at radius 2 is 1.51 bits per heavy atom. The van der Waals surface area contributed by atoms with Crippen LogP contribution < -0.4 is 0 Å². The molecule has 0 unspecified atom stereocenters. The summed E-state index contributed by atoms with van der Waals surface area (Å²) in [6.45, 7) is 16.0. The molecule has 0 atom stereocenters. The van der Waals surface area contributed by atoms with Crippen molar-refractivity contribution in [2.75, 3.05) is 0 Å². The quantitative estimate of drug-likeness (QED) is 0.116. The van der Waals surface area contributed by atoms with Crippen LogP contribution >= 0.6 is 0 Å². The molecule has 0 aliphatic heterocycles. The van der Waals surface area contributed by atoms with Gasteiger partial charge in [-0.2, -0.15) is 0 Å². The van der Waals surface area contributed by atoms with Gasteiger partial charge in [-0.15, -0.1) is 0 Å². The van der Waals surface area contributed by atoms with Crippen molar-refractivity contribution in [1.82, 2.24) is 4.57 Å². The molecule has 1 heteroatoms. The molecule has 296 valence electrons. The molecular weight excluding hydrogens is 711 g/mol. The van der Waals surface area contributed by atoms with E-state index in [2.05, 4.69) is 193 Å². The van der Waals surface area contributed by atoms with Gasteiger partial charge in [0.15, 0.2) is 0 Å². The van der Waals surface area contributed by atoms with Crippen LogP contribution in [0.15, 0.2) is 145 Å². The molecule has 9 rings (SSSR count). The lowest BCUT2D eigenvalue weighted by molar-refractivity contribution is 0.660. The maximum atomic E-state index is 2.53. The highest BCUT2D eigenvalue weighted by atomic mass is 15.0. The first-order valence-corrected chi connectivity index (χ1v) is 22.2. The zero-order valence-electron chi connectivity index (χ0n) is 36.3. The Morgan fingerprint density at radius 3 is 2.24 bits per heavy atom. The second kappa shape index (κ2) is 15.8. The largest absolute Gasteiger partial charge is 0.313 e. The van der Waals surface area contributed by atoms with Crippen molar-refractivity contribution in [3.8, 4) is 22.3 Å². The van der Waals surface area contributed by atoms with Crippen molar-refractivity contribution >= 4 is 44.2 Å². The van der Waals surface area contributed by atoms with Gasteiger partial charge in [-0.3, -0.25) is 0 Å². The molecule has 59 heavy (non-hydrogen) atoms. The maximum absolute atomic E-state index is 2.53. The van der Waals surface area contributed by atoms with Crippen LogP contribution in [0.5, 0.6) is 0 Å². The van der Waals surface area contributed by atoms with Crippen LogP contribution in [0, 0.1) is 0 Å². The molecule has 1 saturated carbocycles. The minimum Gasteiger partial charge on any atom is -0.313 e. The number of fused-ring (bicyclic) bond motifs is 6. The number of rotatable bonds is 11. The van der Waals surface area contributed by atoms with Gasteiger partial charge in [-0.05, 0) is 180 Å². The summed E-state index contributed by atoms with van der Waals surface area (Å²) in [5.41, 5.74) is 23.4. The highest BCUT2D eigenvalue weighted by molar-refractivity contribution is 6.12. The first-order valence-electron chi connectivity index (χ1n) is 22.2. The standard InChI is InChI=1S/C58H59N/c1-8-11-21-46(10-3)59-54-33-28-43(38(4)23-24-40(17-9-2)41-19-13-12-14-20-41)35-50(54)51-36-44(29-34-55(51)59)45-27-30-49-53(37-45)58(6,7)52-32-31-48(47-22-16-15-18-39(47)5)56(57(49)52)42-25-26-42/h9-10,12-15,17-20,23-24,27-37,42H,8,11,16,21-22,25-26H2,1-7H3/b17-9-,38-23+,40-24+,46-10+. The number of hydrogen-bond donors (Lipinski definition) is 0. The van der Waals surface area contributed by atoms with Gasteiger partial charge in [-0.1, -0.05) is 136 Å². The summed E-state index contributed by atoms with van der Waals surface area (Å²) < 4.78 is 2.53. The predicted octanol–water partition coefficient (Wildman–Crippen LogP) is 16.9. The van der Waals surface area contributed by atoms with E-state index in [1.807, 2.05) is 0 Å². The van der Waals surface area contributed by atoms with E-state index < -0.39 is 0 Å². The highest BCUT2D eigenvalue weighted by Crippen LogP contribution is 2.57. The van der Waals surface area contributed by atoms with E-state index in [4.69, 9.17) is 0 Å². The van der Waals surface area contributed by atoms with Gasteiger partial charge in [-0.25, -0.2) is 0 Å². The van der Waals surface area contributed by atoms with E-state index in [0.29, 0.717) is 5.92 Å². The fourth-order valence-electron chi connectivity index (χ4n) is 10.1. The molecule has 0 bridgehead atoms. The van der Waals surface area contributed by atoms with Crippen molar-refractivity contribution in [3.05, 3.63) is 179 Å². The second-order valence-corrected chi connectivity index (χ2v) is 17.7. The number of allylic oxidation sites excluding steroid dienone is 12. The highest BCUT2D eigenvalue weighted by Gasteiger charge is 2.41. The summed E-state index contributed by atoms with van der Waals surface area (Å²) in [6, 6.07) is 37.3. The lowest BCUT2D eigenvalue weighted by Gasteiger charge is -2.24. The van der Waals surface area contributed by atoms with Gasteiger partial charge >= 0.3 is 0 Å². The zero-order valence-corrected chi connectivity index (χ0v) is 36.3. The molecule has 0 saturated heterocycles. The van der Waals surface area contributed by atoms with E-state index in [-0.39, 0.29) is 5.41 Å². The molecule has 5 aromatic carbocycles. The zero-order chi connectivity index (χ0) is 40.8. The molecule has 0 amide bonds. The van der Waals surface area contributed by atoms with Gasteiger partial charge < -0.3 is 4.57 Å². The molecule has 1 heterocycles. The summed E-state index contributed by atoms with van der Waals surface area (Å²) in [4.78, 5) is 0. The van der Waals surface area contributed by atoms with Crippen LogP contribution in [0.3, 0.4) is 0 Å². The van der Waals surface area contributed by atoms with Crippen LogP contribution in [-0.2, 0) is 5.41 Å². The van der Waals surface area contributed by atoms with Crippen LogP contribution in [0.1, 0.15) is 133 Å². The molecular formula is C58H59N. The van der Waals surface area contributed by atoms with E-state index in [1.54, 1.807) is 11.1 Å². The van der Waals surface area contributed by atoms with Gasteiger partial charge in [0.2, 0.25) is 0 Å². The third kappa shape index (κ3) is 6.93. The number of aromatic nitrogens is 1. The van der Waals surface area contributed by atoms with Gasteiger partial charge in [0.25, 0.3) is 0 Å². The molecule has 3 aliphatic rings. The second-order valence-electron chi connectivity index (χ2n) is 17.7. The molecule has 6 aromatic rings. The van der Waals surface area contributed by atoms with Gasteiger partial charge in [0, 0.05) is 21.9 Å². The summed E-state index contributed by atoms with van der Waals surface area (Å²) in [7, 11) is 0. The predicted molar refractivity (Wildman–Crippen MR) is 258 cm³/mol. The number of unbranched alkanes of at least 4 members (excludes halogenated alkanes) is 1. The van der Waals surface area contributed by atoms with Crippen LogP contribution in [-0.4, -0.2) is 4.57 Å². The van der Waals surface area contributed by atoms with Gasteiger partial charge in [0.05, 0.1) is 11.0 Å². The third-order valence-corrected chi connectivity index (χ3v) is 13.5. The van der Waals surface area contributed by atoms with Crippen LogP contribution in [0.4, 0.5) is 0 Å². The lowest BCUT2D eigenvalue weighted by atomic mass is 9.79. The van der Waals surface area contributed by atoms with E-state index in [1.165, 1.54) is 120 Å². The normalized spacial score (nSPS) is 16.8. The average molecular weight is 770 g/mol. The molecule has 0 N–H and O–H groups in total. The van der Waals surface area contributed by atoms with Crippen molar-refractivity contribution in [2.24, 2.45) is 0 Å². The molecule has 0 spiro atoms. The van der Waals surface area contributed by atoms with E-state index >= 15 is 0 Å². The summed E-state index contributed by atoms with van der Waals surface area (Å²) in [5, 5.41) is 2.62. The van der Waals surface area contributed by atoms with E-state index in [0.717, 1.165) is 19.3 Å². The minimum absolute atomic E-state index is 0.0700. The Balaban J connectivity index is 1.17. The topological polar surface area (TPSA) is 4.93 Å². The van der Waals surface area contributed by atoms with Crippen LogP contribution in [0.2, 0.25) is 0 Å². The Labute approximate surface area is 352 Å². The lowest BCUT2D eigenvalue weighted by Crippen LogP contribution is -2.15. The smallest absolute Gasteiger partial charge is 0.0538 e. The summed E-state index contributed by atoms with van der Waals surface area (Å²) in [5.74, 6) is 0.671. The van der Waals surface area contributed by atoms with E-state index in [9.17, 15) is 0 Å². The molecule has 1 nitrogen and oxygen atoms in total. The molecule has 1 fully saturated rings. The fourth-order valence-corrected chi connectivity index (χ4v) is 10.1. The van der Waals surface area contributed by atoms with Crippen molar-refractivity contribution in [1.29, 1.82) is 0 Å². The average Bonchev–Trinajstić information content (AvgIpc) is 4.02. The van der Waals surface area contributed by atoms with Gasteiger partial charge in [0.1, 0.15) is 0 Å². The maximum Gasteiger partial charge on any atom is 0.0538 e. The van der Waals surface area contributed by atoms with Crippen molar-refractivity contribution < 1.29 is 0 Å². The Bertz CT molecular complexity index is 2800. The Hall–Kier alpha value is -5.66. The Kier molecular flexibility index (Phi) is 10.4. The monoisotopic (exact) mass is 769 g/mol. The SMILES string of the molecule is C\C=C/C(=C\C=C(/C)c1ccc2c(c1)c1cc(-c3ccc4c(c3)C(C)(C)c3ccc(C5=C(C)C=CCC5)c(C5CC5)c3-4)ccc1n2/C(=C/C)CCCC)c1ccccc1. The molecule has 0 radical (unpaired) electrons. The first kappa shape index (κ1) is 38.8. The molecule has 3 aliphatic carbocycles. The molecule has 1 aromatic heterocycles. The fraction of sp³-hybridized carbons (Fsp3) is 0.276. The number of nitrogens with zero attached hydrogens (tertiary/aromatic N) is 1. The van der Waals surface area contributed by atoms with Crippen LogP contribution in [0.25, 0.3) is 66.5 Å². The number of hydrogen-bond acceptors (Lipinski definition) is 0. The number of benzene rings is 5. The summed E-state index contributed by atoms with van der Waals surface area (Å²) in [6.07, 6.45) is 24.2. The van der Waals surface area contributed by atoms with Crippen molar-refractivity contribution in [3.63, 3.8) is 0 Å². The third-order valence-electron chi connectivity index (χ3n) is 13.5. The Morgan fingerprint density at radius 1 is 0.780 bits per heavy atom. The summed E-state index contributed by atoms with van der Waals surface area (Å²) >= 11 is 0.